The first kappa shape index (κ1) is 22.8. The van der Waals surface area contributed by atoms with Gasteiger partial charge in [0.05, 0.1) is 0 Å². The minimum absolute atomic E-state index is 0.576. The van der Waals surface area contributed by atoms with Crippen molar-refractivity contribution < 1.29 is 35.2 Å². The molecule has 0 aliphatic heterocycles. The fourth-order valence-corrected chi connectivity index (χ4v) is 10.8. The van der Waals surface area contributed by atoms with Gasteiger partial charge in [0, 0.05) is 0 Å². The van der Waals surface area contributed by atoms with Gasteiger partial charge in [-0.1, -0.05) is 0 Å². The van der Waals surface area contributed by atoms with Crippen molar-refractivity contribution in [2.24, 2.45) is 11.8 Å². The second-order valence-electron chi connectivity index (χ2n) is 6.17. The van der Waals surface area contributed by atoms with Gasteiger partial charge >= 0.3 is 144 Å². The van der Waals surface area contributed by atoms with Gasteiger partial charge in [0.2, 0.25) is 0 Å². The molecule has 2 unspecified atom stereocenters. The first-order valence-corrected chi connectivity index (χ1v) is 14.0. The van der Waals surface area contributed by atoms with Gasteiger partial charge in [-0.05, 0) is 0 Å². The summed E-state index contributed by atoms with van der Waals surface area (Å²) < 4.78 is 16.6. The number of unbranched alkanes of at least 4 members (excludes halogenated alkanes) is 2. The predicted molar refractivity (Wildman–Crippen MR) is 89.4 cm³/mol. The van der Waals surface area contributed by atoms with Crippen LogP contribution in [0.25, 0.3) is 0 Å². The van der Waals surface area contributed by atoms with Crippen LogP contribution in [0.5, 0.6) is 0 Å². The van der Waals surface area contributed by atoms with Crippen molar-refractivity contribution in [3.05, 3.63) is 0 Å². The van der Waals surface area contributed by atoms with E-state index in [4.69, 9.17) is 3.18 Å². The van der Waals surface area contributed by atoms with Crippen molar-refractivity contribution in [3.63, 3.8) is 0 Å². The number of hydrogen-bond acceptors (Lipinski definition) is 2. The van der Waals surface area contributed by atoms with Gasteiger partial charge in [-0.3, -0.25) is 0 Å². The summed E-state index contributed by atoms with van der Waals surface area (Å²) in [6, 6.07) is 0. The summed E-state index contributed by atoms with van der Waals surface area (Å²) in [4.78, 5) is 20.4. The third kappa shape index (κ3) is 12.2. The van der Waals surface area contributed by atoms with E-state index in [1.807, 2.05) is 0 Å². The Bertz CT molecular complexity index is 291. The van der Waals surface area contributed by atoms with Gasteiger partial charge in [-0.15, -0.1) is 0 Å². The molecule has 0 aromatic rings. The summed E-state index contributed by atoms with van der Waals surface area (Å²) in [5, 5.41) is 0. The van der Waals surface area contributed by atoms with Crippen LogP contribution in [0.3, 0.4) is 0 Å². The average molecular weight is 419 g/mol. The van der Waals surface area contributed by atoms with Crippen molar-refractivity contribution in [2.75, 3.05) is 0 Å². The van der Waals surface area contributed by atoms with E-state index >= 15 is 0 Å². The van der Waals surface area contributed by atoms with E-state index in [1.54, 1.807) is 0 Å². The molecule has 0 bridgehead atoms. The zero-order valence-corrected chi connectivity index (χ0v) is 17.7. The first-order chi connectivity index (χ1) is 10.4. The van der Waals surface area contributed by atoms with Gasteiger partial charge in [0.1, 0.15) is 0 Å². The van der Waals surface area contributed by atoms with E-state index in [0.29, 0.717) is 11.8 Å². The SMILES string of the molecule is CCCCC(CC)[CH2][Mo]([CH2]C(CC)CCCC)[O]P(=O)(O)O. The summed E-state index contributed by atoms with van der Waals surface area (Å²) in [6.45, 7) is 8.74. The minimum atomic E-state index is -4.33. The third-order valence-electron chi connectivity index (χ3n) is 4.13. The molecule has 0 aliphatic carbocycles. The summed E-state index contributed by atoms with van der Waals surface area (Å²) in [6.07, 6.45) is 9.28. The van der Waals surface area contributed by atoms with Crippen molar-refractivity contribution >= 4 is 7.82 Å². The van der Waals surface area contributed by atoms with Crippen LogP contribution in [-0.2, 0) is 25.4 Å². The second-order valence-corrected chi connectivity index (χ2v) is 12.2. The van der Waals surface area contributed by atoms with Crippen LogP contribution in [0, 0.1) is 11.8 Å². The number of rotatable bonds is 14. The van der Waals surface area contributed by atoms with Gasteiger partial charge in [0.15, 0.2) is 0 Å². The molecule has 22 heavy (non-hydrogen) atoms. The maximum atomic E-state index is 11.3. The van der Waals surface area contributed by atoms with Crippen molar-refractivity contribution in [1.82, 2.24) is 0 Å². The average Bonchev–Trinajstić information content (AvgIpc) is 2.45. The second kappa shape index (κ2) is 13.1. The number of phosphoric acid groups is 1. The van der Waals surface area contributed by atoms with Crippen LogP contribution in [0.15, 0.2) is 0 Å². The Morgan fingerprint density at radius 2 is 1.32 bits per heavy atom. The molecule has 0 amide bonds. The predicted octanol–water partition coefficient (Wildman–Crippen LogP) is 5.90. The quantitative estimate of drug-likeness (QED) is 0.272. The molecule has 6 heteroatoms. The van der Waals surface area contributed by atoms with Crippen LogP contribution >= 0.6 is 7.82 Å². The Labute approximate surface area is 143 Å². The Kier molecular flexibility index (Phi) is 13.6. The van der Waals surface area contributed by atoms with Crippen LogP contribution in [0.1, 0.15) is 79.1 Å². The van der Waals surface area contributed by atoms with E-state index in [1.165, 1.54) is 38.5 Å². The summed E-state index contributed by atoms with van der Waals surface area (Å²) in [5.74, 6) is 1.15. The van der Waals surface area contributed by atoms with Crippen molar-refractivity contribution in [3.8, 4) is 0 Å². The standard InChI is InChI=1S/2C8H17.Mo.H3O4P/c2*1-4-6-7-8(3)5-2;;1-5(2,3)4/h2*8H,3-7H2,1-2H3;;(H3,1,2,3,4)/q;;+1;/p-1. The summed E-state index contributed by atoms with van der Waals surface area (Å²) >= 11 is -2.20. The summed E-state index contributed by atoms with van der Waals surface area (Å²) in [5.41, 5.74) is 0. The van der Waals surface area contributed by atoms with E-state index < -0.39 is 25.5 Å². The molecule has 2 N–H and O–H groups in total. The van der Waals surface area contributed by atoms with E-state index in [9.17, 15) is 14.4 Å². The Hall–Kier alpha value is 0.798. The molecule has 135 valence electrons. The van der Waals surface area contributed by atoms with Crippen LogP contribution in [0.4, 0.5) is 0 Å². The molecule has 4 nitrogen and oxygen atoms in total. The molecule has 0 saturated carbocycles. The molecule has 0 fully saturated rings. The van der Waals surface area contributed by atoms with Gasteiger partial charge in [-0.2, -0.15) is 0 Å². The number of hydrogen-bond donors (Lipinski definition) is 2. The summed E-state index contributed by atoms with van der Waals surface area (Å²) in [7, 11) is -4.33. The molecule has 0 rings (SSSR count). The molecule has 0 spiro atoms. The molecule has 2 atom stereocenters. The maximum absolute atomic E-state index is 11.3. The zero-order valence-electron chi connectivity index (χ0n) is 14.8. The van der Waals surface area contributed by atoms with Crippen molar-refractivity contribution in [2.45, 2.75) is 88.7 Å². The van der Waals surface area contributed by atoms with Gasteiger partial charge < -0.3 is 0 Å². The van der Waals surface area contributed by atoms with Crippen LogP contribution in [-0.4, -0.2) is 9.79 Å². The molecule has 0 saturated heterocycles. The topological polar surface area (TPSA) is 66.8 Å². The molecular weight excluding hydrogens is 383 g/mol. The molecule has 0 aromatic heterocycles. The van der Waals surface area contributed by atoms with E-state index in [0.717, 1.165) is 22.5 Å². The van der Waals surface area contributed by atoms with Crippen LogP contribution in [0.2, 0.25) is 9.62 Å². The van der Waals surface area contributed by atoms with Gasteiger partial charge in [-0.25, -0.2) is 0 Å². The molecule has 0 aromatic carbocycles. The van der Waals surface area contributed by atoms with Gasteiger partial charge in [0.25, 0.3) is 0 Å². The first-order valence-electron chi connectivity index (χ1n) is 8.79. The zero-order chi connectivity index (χ0) is 17.0. The van der Waals surface area contributed by atoms with Crippen molar-refractivity contribution in [1.29, 1.82) is 0 Å². The fourth-order valence-electron chi connectivity index (χ4n) is 2.59. The van der Waals surface area contributed by atoms with Crippen LogP contribution < -0.4 is 0 Å². The van der Waals surface area contributed by atoms with E-state index in [2.05, 4.69) is 27.7 Å². The fraction of sp³-hybridized carbons (Fsp3) is 1.00. The molecular formula is C16H36MoO4P. The Morgan fingerprint density at radius 1 is 0.909 bits per heavy atom. The monoisotopic (exact) mass is 421 g/mol. The molecule has 0 heterocycles. The Morgan fingerprint density at radius 3 is 1.59 bits per heavy atom. The molecule has 0 radical (unpaired) electrons. The normalized spacial score (nSPS) is 15.2. The van der Waals surface area contributed by atoms with E-state index in [-0.39, 0.29) is 0 Å². The third-order valence-corrected chi connectivity index (χ3v) is 11.7. The Balaban J connectivity index is 4.68. The molecule has 0 aliphatic rings.